The molecule has 0 spiro atoms. The highest BCUT2D eigenvalue weighted by atomic mass is 35.5. The molecule has 0 saturated heterocycles. The normalized spacial score (nSPS) is 11.6. The number of nitrogens with one attached hydrogen (secondary N) is 2. The minimum absolute atomic E-state index is 0.551. The number of benzene rings is 1. The first-order valence-corrected chi connectivity index (χ1v) is 8.73. The molecule has 0 unspecified atom stereocenters. The third-order valence-corrected chi connectivity index (χ3v) is 3.80. The Labute approximate surface area is 153 Å². The van der Waals surface area contributed by atoms with E-state index in [9.17, 15) is 0 Å². The highest BCUT2D eigenvalue weighted by Gasteiger charge is 2.03. The van der Waals surface area contributed by atoms with Crippen molar-refractivity contribution in [1.82, 2.24) is 25.4 Å². The molecule has 0 aliphatic heterocycles. The van der Waals surface area contributed by atoms with Gasteiger partial charge in [0.1, 0.15) is 12.2 Å². The topological polar surface area (TPSA) is 76.4 Å². The van der Waals surface area contributed by atoms with Gasteiger partial charge in [-0.2, -0.15) is 0 Å². The van der Waals surface area contributed by atoms with E-state index in [1.165, 1.54) is 0 Å². The Morgan fingerprint density at radius 2 is 2.16 bits per heavy atom. The third-order valence-electron chi connectivity index (χ3n) is 3.56. The molecule has 0 aliphatic rings. The summed E-state index contributed by atoms with van der Waals surface area (Å²) in [4.78, 5) is 4.61. The van der Waals surface area contributed by atoms with Crippen molar-refractivity contribution >= 4 is 17.6 Å². The number of aryl methyl sites for hydroxylation is 1. The van der Waals surface area contributed by atoms with Crippen LogP contribution in [-0.2, 0) is 24.2 Å². The number of nitrogens with zero attached hydrogens (tertiary/aromatic N) is 4. The Kier molecular flexibility index (Phi) is 8.21. The van der Waals surface area contributed by atoms with E-state index in [-0.39, 0.29) is 0 Å². The lowest BCUT2D eigenvalue weighted by Gasteiger charge is -2.13. The first kappa shape index (κ1) is 19.2. The maximum atomic E-state index is 6.02. The van der Waals surface area contributed by atoms with E-state index in [0.29, 0.717) is 24.7 Å². The predicted octanol–water partition coefficient (Wildman–Crippen LogP) is 1.88. The van der Waals surface area contributed by atoms with Gasteiger partial charge in [-0.3, -0.25) is 0 Å². The van der Waals surface area contributed by atoms with Crippen molar-refractivity contribution < 1.29 is 4.74 Å². The van der Waals surface area contributed by atoms with Gasteiger partial charge in [-0.25, -0.2) is 4.99 Å². The molecule has 1 aromatic heterocycles. The quantitative estimate of drug-likeness (QED) is 0.403. The van der Waals surface area contributed by atoms with Gasteiger partial charge in [-0.1, -0.05) is 30.7 Å². The zero-order valence-electron chi connectivity index (χ0n) is 14.7. The van der Waals surface area contributed by atoms with Crippen LogP contribution in [-0.4, -0.2) is 47.5 Å². The second-order valence-electron chi connectivity index (χ2n) is 5.44. The summed E-state index contributed by atoms with van der Waals surface area (Å²) in [7, 11) is 1.68. The molecule has 0 amide bonds. The van der Waals surface area contributed by atoms with Crippen LogP contribution in [0.5, 0.6) is 0 Å². The molecule has 2 aromatic rings. The average molecular weight is 365 g/mol. The molecule has 0 atom stereocenters. The molecule has 8 heteroatoms. The van der Waals surface area contributed by atoms with Gasteiger partial charge >= 0.3 is 0 Å². The van der Waals surface area contributed by atoms with Crippen LogP contribution in [0.25, 0.3) is 0 Å². The Morgan fingerprint density at radius 3 is 2.92 bits per heavy atom. The van der Waals surface area contributed by atoms with E-state index in [2.05, 4.69) is 32.7 Å². The van der Waals surface area contributed by atoms with Gasteiger partial charge in [-0.15, -0.1) is 10.2 Å². The Balaban J connectivity index is 1.91. The fourth-order valence-electron chi connectivity index (χ4n) is 2.29. The number of aliphatic imine (C=N–C) groups is 1. The minimum Gasteiger partial charge on any atom is -0.383 e. The molecule has 0 radical (unpaired) electrons. The number of ether oxygens (including phenoxy) is 1. The van der Waals surface area contributed by atoms with Crippen molar-refractivity contribution in [3.8, 4) is 0 Å². The first-order valence-electron chi connectivity index (χ1n) is 8.35. The molecule has 25 heavy (non-hydrogen) atoms. The maximum Gasteiger partial charge on any atom is 0.191 e. The summed E-state index contributed by atoms with van der Waals surface area (Å²) < 4.78 is 7.12. The van der Waals surface area contributed by atoms with Crippen LogP contribution in [0.1, 0.15) is 18.3 Å². The minimum atomic E-state index is 0.551. The Morgan fingerprint density at radius 1 is 1.32 bits per heavy atom. The van der Waals surface area contributed by atoms with Gasteiger partial charge in [0.05, 0.1) is 13.2 Å². The number of aromatic nitrogens is 3. The number of methoxy groups -OCH3 is 1. The van der Waals surface area contributed by atoms with Gasteiger partial charge in [0, 0.05) is 38.2 Å². The molecule has 1 heterocycles. The van der Waals surface area contributed by atoms with Crippen molar-refractivity contribution in [1.29, 1.82) is 0 Å². The molecular formula is C17H25ClN6O. The summed E-state index contributed by atoms with van der Waals surface area (Å²) in [6.07, 6.45) is 2.61. The summed E-state index contributed by atoms with van der Waals surface area (Å²) in [5, 5.41) is 15.3. The van der Waals surface area contributed by atoms with Crippen LogP contribution >= 0.6 is 11.6 Å². The van der Waals surface area contributed by atoms with Gasteiger partial charge in [-0.05, 0) is 17.7 Å². The Hall–Kier alpha value is -2.12. The van der Waals surface area contributed by atoms with Gasteiger partial charge in [0.2, 0.25) is 0 Å². The summed E-state index contributed by atoms with van der Waals surface area (Å²) in [5.41, 5.74) is 1.06. The number of halogens is 1. The SMILES string of the molecule is CCc1nncn1CCNC(=NCc1cccc(Cl)c1)NCCOC. The molecule has 0 bridgehead atoms. The van der Waals surface area contributed by atoms with Crippen molar-refractivity contribution in [3.05, 3.63) is 47.0 Å². The Bertz CT molecular complexity index is 673. The second-order valence-corrected chi connectivity index (χ2v) is 5.87. The highest BCUT2D eigenvalue weighted by Crippen LogP contribution is 2.11. The molecule has 0 fully saturated rings. The lowest BCUT2D eigenvalue weighted by Crippen LogP contribution is -2.40. The number of rotatable bonds is 9. The molecule has 0 aliphatic carbocycles. The largest absolute Gasteiger partial charge is 0.383 e. The van der Waals surface area contributed by atoms with Crippen molar-refractivity contribution in [2.24, 2.45) is 4.99 Å². The summed E-state index contributed by atoms with van der Waals surface area (Å²) in [5.74, 6) is 1.72. The van der Waals surface area contributed by atoms with E-state index in [4.69, 9.17) is 16.3 Å². The van der Waals surface area contributed by atoms with Gasteiger partial charge in [0.15, 0.2) is 5.96 Å². The van der Waals surface area contributed by atoms with E-state index in [1.54, 1.807) is 13.4 Å². The van der Waals surface area contributed by atoms with Crippen molar-refractivity contribution in [2.75, 3.05) is 26.8 Å². The smallest absolute Gasteiger partial charge is 0.191 e. The lowest BCUT2D eigenvalue weighted by atomic mass is 10.2. The standard InChI is InChI=1S/C17H25ClN6O/c1-3-16-23-22-13-24(16)9-7-19-17(20-8-10-25-2)21-12-14-5-4-6-15(18)11-14/h4-6,11,13H,3,7-10,12H2,1-2H3,(H2,19,20,21). The number of hydrogen-bond acceptors (Lipinski definition) is 4. The molecular weight excluding hydrogens is 340 g/mol. The maximum absolute atomic E-state index is 6.02. The van der Waals surface area contributed by atoms with Crippen LogP contribution in [0, 0.1) is 0 Å². The molecule has 2 N–H and O–H groups in total. The lowest BCUT2D eigenvalue weighted by molar-refractivity contribution is 0.203. The van der Waals surface area contributed by atoms with Crippen LogP contribution in [0.4, 0.5) is 0 Å². The van der Waals surface area contributed by atoms with Gasteiger partial charge in [0.25, 0.3) is 0 Å². The first-order chi connectivity index (χ1) is 12.2. The van der Waals surface area contributed by atoms with Crippen LogP contribution in [0.2, 0.25) is 5.02 Å². The molecule has 2 rings (SSSR count). The predicted molar refractivity (Wildman–Crippen MR) is 99.9 cm³/mol. The number of hydrogen-bond donors (Lipinski definition) is 2. The zero-order chi connectivity index (χ0) is 17.9. The van der Waals surface area contributed by atoms with Crippen LogP contribution in [0.3, 0.4) is 0 Å². The average Bonchev–Trinajstić information content (AvgIpc) is 3.07. The summed E-state index contributed by atoms with van der Waals surface area (Å²) in [6, 6.07) is 7.71. The van der Waals surface area contributed by atoms with E-state index >= 15 is 0 Å². The fourth-order valence-corrected chi connectivity index (χ4v) is 2.50. The summed E-state index contributed by atoms with van der Waals surface area (Å²) in [6.45, 7) is 5.42. The van der Waals surface area contributed by atoms with Crippen molar-refractivity contribution in [3.63, 3.8) is 0 Å². The second kappa shape index (κ2) is 10.7. The van der Waals surface area contributed by atoms with E-state index in [0.717, 1.165) is 36.9 Å². The van der Waals surface area contributed by atoms with E-state index in [1.807, 2.05) is 28.8 Å². The van der Waals surface area contributed by atoms with Crippen LogP contribution < -0.4 is 10.6 Å². The zero-order valence-corrected chi connectivity index (χ0v) is 15.5. The summed E-state index contributed by atoms with van der Waals surface area (Å²) >= 11 is 6.02. The fraction of sp³-hybridized carbons (Fsp3) is 0.471. The third kappa shape index (κ3) is 6.72. The van der Waals surface area contributed by atoms with Crippen molar-refractivity contribution in [2.45, 2.75) is 26.4 Å². The monoisotopic (exact) mass is 364 g/mol. The molecule has 0 saturated carbocycles. The molecule has 1 aromatic carbocycles. The van der Waals surface area contributed by atoms with E-state index < -0.39 is 0 Å². The molecule has 136 valence electrons. The highest BCUT2D eigenvalue weighted by molar-refractivity contribution is 6.30. The molecule has 7 nitrogen and oxygen atoms in total. The van der Waals surface area contributed by atoms with Crippen LogP contribution in [0.15, 0.2) is 35.6 Å². The van der Waals surface area contributed by atoms with Gasteiger partial charge < -0.3 is 19.9 Å². The number of guanidine groups is 1.